The fourth-order valence-corrected chi connectivity index (χ4v) is 3.40. The van der Waals surface area contributed by atoms with E-state index in [-0.39, 0.29) is 6.04 Å². The quantitative estimate of drug-likeness (QED) is 0.335. The highest BCUT2D eigenvalue weighted by Crippen LogP contribution is 2.32. The number of nitrogens with zero attached hydrogens (tertiary/aromatic N) is 1. The molecule has 1 fully saturated rings. The van der Waals surface area contributed by atoms with Gasteiger partial charge in [-0.3, -0.25) is 5.43 Å². The van der Waals surface area contributed by atoms with Crippen molar-refractivity contribution < 1.29 is 0 Å². The van der Waals surface area contributed by atoms with Crippen molar-refractivity contribution in [3.63, 3.8) is 0 Å². The number of hydrogen-bond donors (Lipinski definition) is 3. The molecule has 1 saturated carbocycles. The van der Waals surface area contributed by atoms with Crippen LogP contribution in [0.25, 0.3) is 0 Å². The molecule has 20 heavy (non-hydrogen) atoms. The molecule has 2 aliphatic carbocycles. The molecule has 4 N–H and O–H groups in total. The third-order valence-corrected chi connectivity index (χ3v) is 4.46. The Hall–Kier alpha value is -1.55. The van der Waals surface area contributed by atoms with E-state index in [2.05, 4.69) is 35.0 Å². The van der Waals surface area contributed by atoms with Crippen LogP contribution in [0.5, 0.6) is 0 Å². The average molecular weight is 272 g/mol. The predicted octanol–water partition coefficient (Wildman–Crippen LogP) is 2.42. The Morgan fingerprint density at radius 1 is 1.10 bits per heavy atom. The van der Waals surface area contributed by atoms with E-state index in [1.54, 1.807) is 0 Å². The average Bonchev–Trinajstić information content (AvgIpc) is 3.00. The smallest absolute Gasteiger partial charge is 0.206 e. The minimum Gasteiger partial charge on any atom is -0.353 e. The summed E-state index contributed by atoms with van der Waals surface area (Å²) < 4.78 is 0. The van der Waals surface area contributed by atoms with Crippen molar-refractivity contribution in [2.45, 2.75) is 57.0 Å². The van der Waals surface area contributed by atoms with Gasteiger partial charge >= 0.3 is 0 Å². The zero-order valence-electron chi connectivity index (χ0n) is 11.9. The lowest BCUT2D eigenvalue weighted by Crippen LogP contribution is -2.45. The van der Waals surface area contributed by atoms with E-state index < -0.39 is 0 Å². The summed E-state index contributed by atoms with van der Waals surface area (Å²) in [4.78, 5) is 4.83. The molecule has 4 nitrogen and oxygen atoms in total. The molecule has 3 rings (SSSR count). The fraction of sp³-hybridized carbons (Fsp3) is 0.562. The zero-order valence-corrected chi connectivity index (χ0v) is 11.9. The van der Waals surface area contributed by atoms with E-state index in [1.807, 2.05) is 0 Å². The third-order valence-electron chi connectivity index (χ3n) is 4.46. The number of guanidine groups is 1. The molecule has 0 bridgehead atoms. The SMILES string of the molecule is NNC(=NC1CCCc2ccccc21)NC1CCCC1. The summed E-state index contributed by atoms with van der Waals surface area (Å²) in [5.41, 5.74) is 5.54. The first-order valence-electron chi connectivity index (χ1n) is 7.75. The molecule has 1 aromatic rings. The number of hydrazine groups is 1. The molecule has 1 unspecified atom stereocenters. The molecule has 0 radical (unpaired) electrons. The van der Waals surface area contributed by atoms with Gasteiger partial charge in [-0.15, -0.1) is 0 Å². The Morgan fingerprint density at radius 3 is 2.70 bits per heavy atom. The maximum absolute atomic E-state index is 5.64. The maximum Gasteiger partial charge on any atom is 0.206 e. The highest BCUT2D eigenvalue weighted by molar-refractivity contribution is 5.79. The van der Waals surface area contributed by atoms with Gasteiger partial charge in [-0.1, -0.05) is 37.1 Å². The Balaban J connectivity index is 1.76. The molecule has 0 heterocycles. The van der Waals surface area contributed by atoms with Crippen molar-refractivity contribution in [1.29, 1.82) is 0 Å². The highest BCUT2D eigenvalue weighted by atomic mass is 15.3. The number of benzene rings is 1. The summed E-state index contributed by atoms with van der Waals surface area (Å²) in [5, 5.41) is 3.46. The first-order chi connectivity index (χ1) is 9.86. The number of fused-ring (bicyclic) bond motifs is 1. The highest BCUT2D eigenvalue weighted by Gasteiger charge is 2.21. The fourth-order valence-electron chi connectivity index (χ4n) is 3.40. The van der Waals surface area contributed by atoms with Crippen molar-refractivity contribution in [2.24, 2.45) is 10.8 Å². The largest absolute Gasteiger partial charge is 0.353 e. The Bertz CT molecular complexity index is 477. The third kappa shape index (κ3) is 2.96. The molecule has 1 aromatic carbocycles. The van der Waals surface area contributed by atoms with Crippen LogP contribution in [0.3, 0.4) is 0 Å². The Kier molecular flexibility index (Phi) is 4.21. The lowest BCUT2D eigenvalue weighted by molar-refractivity contribution is 0.556. The second-order valence-corrected chi connectivity index (χ2v) is 5.85. The lowest BCUT2D eigenvalue weighted by atomic mass is 9.88. The van der Waals surface area contributed by atoms with Crippen molar-refractivity contribution in [2.75, 3.05) is 0 Å². The van der Waals surface area contributed by atoms with Crippen LogP contribution in [0.1, 0.15) is 55.7 Å². The van der Waals surface area contributed by atoms with E-state index in [0.717, 1.165) is 12.4 Å². The first kappa shape index (κ1) is 13.4. The molecular weight excluding hydrogens is 248 g/mol. The van der Waals surface area contributed by atoms with E-state index in [1.165, 1.54) is 49.7 Å². The van der Waals surface area contributed by atoms with Gasteiger partial charge in [-0.2, -0.15) is 0 Å². The number of nitrogens with one attached hydrogen (secondary N) is 2. The second kappa shape index (κ2) is 6.27. The van der Waals surface area contributed by atoms with Gasteiger partial charge in [0, 0.05) is 6.04 Å². The number of aryl methyl sites for hydroxylation is 1. The molecule has 108 valence electrons. The molecule has 0 aromatic heterocycles. The van der Waals surface area contributed by atoms with E-state index in [4.69, 9.17) is 10.8 Å². The Morgan fingerprint density at radius 2 is 1.90 bits per heavy atom. The molecule has 0 amide bonds. The van der Waals surface area contributed by atoms with Gasteiger partial charge in [0.05, 0.1) is 6.04 Å². The van der Waals surface area contributed by atoms with Crippen molar-refractivity contribution >= 4 is 5.96 Å². The monoisotopic (exact) mass is 272 g/mol. The van der Waals surface area contributed by atoms with Crippen LogP contribution in [-0.4, -0.2) is 12.0 Å². The van der Waals surface area contributed by atoms with Crippen LogP contribution in [0.4, 0.5) is 0 Å². The van der Waals surface area contributed by atoms with Crippen LogP contribution in [-0.2, 0) is 6.42 Å². The molecular formula is C16H24N4. The van der Waals surface area contributed by atoms with Gasteiger partial charge in [0.2, 0.25) is 5.96 Å². The summed E-state index contributed by atoms with van der Waals surface area (Å²) in [6.07, 6.45) is 8.54. The van der Waals surface area contributed by atoms with Gasteiger partial charge in [0.1, 0.15) is 0 Å². The lowest BCUT2D eigenvalue weighted by Gasteiger charge is -2.24. The second-order valence-electron chi connectivity index (χ2n) is 5.85. The van der Waals surface area contributed by atoms with Crippen molar-refractivity contribution in [3.8, 4) is 0 Å². The van der Waals surface area contributed by atoms with Crippen LogP contribution in [0, 0.1) is 0 Å². The van der Waals surface area contributed by atoms with E-state index in [0.29, 0.717) is 6.04 Å². The maximum atomic E-state index is 5.64. The van der Waals surface area contributed by atoms with Gasteiger partial charge in [-0.05, 0) is 43.2 Å². The molecule has 0 aliphatic heterocycles. The van der Waals surface area contributed by atoms with Crippen LogP contribution in [0.15, 0.2) is 29.3 Å². The summed E-state index contributed by atoms with van der Waals surface area (Å²) in [6.45, 7) is 0. The van der Waals surface area contributed by atoms with Crippen LogP contribution < -0.4 is 16.6 Å². The van der Waals surface area contributed by atoms with Crippen LogP contribution >= 0.6 is 0 Å². The number of rotatable bonds is 2. The standard InChI is InChI=1S/C16H24N4/c17-20-16(18-13-8-2-3-9-13)19-15-11-5-7-12-6-1-4-10-14(12)15/h1,4,6,10,13,15H,2-3,5,7-9,11,17H2,(H2,18,19,20). The van der Waals surface area contributed by atoms with Crippen molar-refractivity contribution in [3.05, 3.63) is 35.4 Å². The Labute approximate surface area is 120 Å². The van der Waals surface area contributed by atoms with Crippen LogP contribution in [0.2, 0.25) is 0 Å². The number of hydrogen-bond acceptors (Lipinski definition) is 2. The molecule has 0 saturated heterocycles. The molecule has 0 spiro atoms. The summed E-state index contributed by atoms with van der Waals surface area (Å²) in [7, 11) is 0. The predicted molar refractivity (Wildman–Crippen MR) is 82.3 cm³/mol. The summed E-state index contributed by atoms with van der Waals surface area (Å²) in [6, 6.07) is 9.41. The number of aliphatic imine (C=N–C) groups is 1. The van der Waals surface area contributed by atoms with Gasteiger partial charge < -0.3 is 5.32 Å². The molecule has 1 atom stereocenters. The molecule has 4 heteroatoms. The number of nitrogens with two attached hydrogens (primary N) is 1. The van der Waals surface area contributed by atoms with Gasteiger partial charge in [0.15, 0.2) is 0 Å². The van der Waals surface area contributed by atoms with E-state index >= 15 is 0 Å². The zero-order chi connectivity index (χ0) is 13.8. The minimum absolute atomic E-state index is 0.236. The van der Waals surface area contributed by atoms with E-state index in [9.17, 15) is 0 Å². The first-order valence-corrected chi connectivity index (χ1v) is 7.75. The summed E-state index contributed by atoms with van der Waals surface area (Å²) in [5.74, 6) is 6.39. The topological polar surface area (TPSA) is 62.4 Å². The summed E-state index contributed by atoms with van der Waals surface area (Å²) >= 11 is 0. The van der Waals surface area contributed by atoms with Gasteiger partial charge in [-0.25, -0.2) is 10.8 Å². The minimum atomic E-state index is 0.236. The molecule has 2 aliphatic rings. The normalized spacial score (nSPS) is 23.4. The van der Waals surface area contributed by atoms with Gasteiger partial charge in [0.25, 0.3) is 0 Å². The van der Waals surface area contributed by atoms with Crippen molar-refractivity contribution in [1.82, 2.24) is 10.7 Å².